The van der Waals surface area contributed by atoms with Crippen LogP contribution >= 0.6 is 11.3 Å². The molecule has 0 fully saturated rings. The molecule has 0 aliphatic rings. The molecule has 1 N–H and O–H groups in total. The number of rotatable bonds is 7. The largest absolute Gasteiger partial charge is 0.375 e. The lowest BCUT2D eigenvalue weighted by Crippen LogP contribution is -2.22. The summed E-state index contributed by atoms with van der Waals surface area (Å²) >= 11 is 1.77. The van der Waals surface area contributed by atoms with Crippen molar-refractivity contribution in [1.82, 2.24) is 10.3 Å². The lowest BCUT2D eigenvalue weighted by Gasteiger charge is -2.09. The van der Waals surface area contributed by atoms with Gasteiger partial charge in [-0.05, 0) is 12.8 Å². The molecule has 3 nitrogen and oxygen atoms in total. The summed E-state index contributed by atoms with van der Waals surface area (Å²) < 4.78 is 5.42. The summed E-state index contributed by atoms with van der Waals surface area (Å²) in [4.78, 5) is 6.03. The van der Waals surface area contributed by atoms with Crippen molar-refractivity contribution in [2.45, 2.75) is 59.7 Å². The van der Waals surface area contributed by atoms with E-state index in [-0.39, 0.29) is 0 Å². The van der Waals surface area contributed by atoms with E-state index in [1.807, 2.05) is 6.92 Å². The smallest absolute Gasteiger partial charge is 0.119 e. The van der Waals surface area contributed by atoms with Gasteiger partial charge in [-0.3, -0.25) is 0 Å². The molecule has 0 aliphatic carbocycles. The molecule has 0 amide bonds. The normalized spacial score (nSPS) is 11.7. The first kappa shape index (κ1) is 14.6. The van der Waals surface area contributed by atoms with Gasteiger partial charge in [0.05, 0.1) is 12.3 Å². The molecule has 0 atom stereocenters. The monoisotopic (exact) mass is 256 g/mol. The van der Waals surface area contributed by atoms with Gasteiger partial charge >= 0.3 is 0 Å². The Kier molecular flexibility index (Phi) is 6.09. The topological polar surface area (TPSA) is 34.1 Å². The van der Waals surface area contributed by atoms with Crippen LogP contribution in [-0.4, -0.2) is 17.6 Å². The van der Waals surface area contributed by atoms with Crippen molar-refractivity contribution in [2.24, 2.45) is 0 Å². The predicted molar refractivity (Wildman–Crippen MR) is 73.5 cm³/mol. The van der Waals surface area contributed by atoms with Gasteiger partial charge < -0.3 is 10.1 Å². The minimum Gasteiger partial charge on any atom is -0.375 e. The van der Waals surface area contributed by atoms with Gasteiger partial charge in [0, 0.05) is 24.1 Å². The zero-order valence-corrected chi connectivity index (χ0v) is 12.4. The molecule has 0 unspecified atom stereocenters. The van der Waals surface area contributed by atoms with Crippen molar-refractivity contribution < 1.29 is 4.74 Å². The minimum atomic E-state index is 0.477. The number of thiazole rings is 1. The highest BCUT2D eigenvalue weighted by atomic mass is 32.1. The fraction of sp³-hybridized carbons (Fsp3) is 0.769. The molecule has 1 aromatic rings. The van der Waals surface area contributed by atoms with Crippen molar-refractivity contribution in [2.75, 3.05) is 6.61 Å². The highest BCUT2D eigenvalue weighted by Gasteiger charge is 2.14. The molecular formula is C13H24N2OS. The number of hydrogen-bond donors (Lipinski definition) is 1. The summed E-state index contributed by atoms with van der Waals surface area (Å²) in [6.45, 7) is 13.0. The predicted octanol–water partition coefficient (Wildman–Crippen LogP) is 3.30. The molecule has 0 saturated heterocycles. The molecule has 0 aliphatic heterocycles. The molecule has 4 heteroatoms. The Bertz CT molecular complexity index is 334. The maximum Gasteiger partial charge on any atom is 0.119 e. The second-order valence-electron chi connectivity index (χ2n) is 4.74. The Morgan fingerprint density at radius 1 is 1.29 bits per heavy atom. The van der Waals surface area contributed by atoms with Crippen molar-refractivity contribution >= 4 is 11.3 Å². The Morgan fingerprint density at radius 3 is 2.53 bits per heavy atom. The number of nitrogens with one attached hydrogen (secondary N) is 1. The minimum absolute atomic E-state index is 0.477. The third kappa shape index (κ3) is 4.74. The molecular weight excluding hydrogens is 232 g/mol. The van der Waals surface area contributed by atoms with E-state index >= 15 is 0 Å². The van der Waals surface area contributed by atoms with Crippen molar-refractivity contribution in [3.05, 3.63) is 15.6 Å². The van der Waals surface area contributed by atoms with Crippen molar-refractivity contribution in [1.29, 1.82) is 0 Å². The van der Waals surface area contributed by atoms with Crippen LogP contribution in [-0.2, 0) is 17.9 Å². The molecule has 17 heavy (non-hydrogen) atoms. The maximum absolute atomic E-state index is 5.42. The first-order valence-electron chi connectivity index (χ1n) is 6.34. The fourth-order valence-electron chi connectivity index (χ4n) is 1.54. The Morgan fingerprint density at radius 2 is 2.00 bits per heavy atom. The van der Waals surface area contributed by atoms with E-state index in [0.717, 1.165) is 18.2 Å². The standard InChI is InChI=1S/C13H24N2OS/c1-6-16-8-12-15-13(9(2)3)11(17-12)7-14-10(4)5/h9-10,14H,6-8H2,1-5H3. The van der Waals surface area contributed by atoms with Crippen LogP contribution in [0.5, 0.6) is 0 Å². The van der Waals surface area contributed by atoms with Gasteiger partial charge in [0.2, 0.25) is 0 Å². The molecule has 1 heterocycles. The summed E-state index contributed by atoms with van der Waals surface area (Å²) in [6, 6.07) is 0.507. The summed E-state index contributed by atoms with van der Waals surface area (Å²) in [5, 5.41) is 4.55. The van der Waals surface area contributed by atoms with Crippen LogP contribution in [0.15, 0.2) is 0 Å². The SMILES string of the molecule is CCOCc1nc(C(C)C)c(CNC(C)C)s1. The van der Waals surface area contributed by atoms with E-state index < -0.39 is 0 Å². The molecule has 1 aromatic heterocycles. The van der Waals surface area contributed by atoms with E-state index in [1.165, 1.54) is 10.6 Å². The van der Waals surface area contributed by atoms with E-state index in [4.69, 9.17) is 4.74 Å². The van der Waals surface area contributed by atoms with Crippen LogP contribution in [0.25, 0.3) is 0 Å². The lowest BCUT2D eigenvalue weighted by atomic mass is 10.1. The third-order valence-electron chi connectivity index (χ3n) is 2.42. The molecule has 1 rings (SSSR count). The third-order valence-corrected chi connectivity index (χ3v) is 3.46. The van der Waals surface area contributed by atoms with Crippen molar-refractivity contribution in [3.8, 4) is 0 Å². The van der Waals surface area contributed by atoms with Gasteiger partial charge in [-0.2, -0.15) is 0 Å². The van der Waals surface area contributed by atoms with Crippen molar-refractivity contribution in [3.63, 3.8) is 0 Å². The van der Waals surface area contributed by atoms with E-state index in [0.29, 0.717) is 18.6 Å². The van der Waals surface area contributed by atoms with Gasteiger partial charge in [0.15, 0.2) is 0 Å². The highest BCUT2D eigenvalue weighted by Crippen LogP contribution is 2.25. The molecule has 0 aromatic carbocycles. The van der Waals surface area contributed by atoms with Crippen LogP contribution < -0.4 is 5.32 Å². The second kappa shape index (κ2) is 7.09. The van der Waals surface area contributed by atoms with Crippen LogP contribution in [0.1, 0.15) is 56.1 Å². The number of hydrogen-bond acceptors (Lipinski definition) is 4. The van der Waals surface area contributed by atoms with E-state index in [2.05, 4.69) is 38.0 Å². The summed E-state index contributed by atoms with van der Waals surface area (Å²) in [5.74, 6) is 0.477. The summed E-state index contributed by atoms with van der Waals surface area (Å²) in [5.41, 5.74) is 1.22. The Labute approximate surface area is 109 Å². The first-order valence-corrected chi connectivity index (χ1v) is 7.15. The molecule has 98 valence electrons. The van der Waals surface area contributed by atoms with E-state index in [9.17, 15) is 0 Å². The maximum atomic E-state index is 5.42. The summed E-state index contributed by atoms with van der Waals surface area (Å²) in [7, 11) is 0. The van der Waals surface area contributed by atoms with Crippen LogP contribution in [0.4, 0.5) is 0 Å². The van der Waals surface area contributed by atoms with Gasteiger partial charge in [-0.15, -0.1) is 11.3 Å². The zero-order chi connectivity index (χ0) is 12.8. The first-order chi connectivity index (χ1) is 8.04. The van der Waals surface area contributed by atoms with Crippen LogP contribution in [0.3, 0.4) is 0 Å². The quantitative estimate of drug-likeness (QED) is 0.813. The highest BCUT2D eigenvalue weighted by molar-refractivity contribution is 7.11. The number of nitrogens with zero attached hydrogens (tertiary/aromatic N) is 1. The van der Waals surface area contributed by atoms with Gasteiger partial charge in [-0.1, -0.05) is 27.7 Å². The average molecular weight is 256 g/mol. The Balaban J connectivity index is 2.74. The van der Waals surface area contributed by atoms with Crippen LogP contribution in [0.2, 0.25) is 0 Å². The fourth-order valence-corrected chi connectivity index (χ4v) is 2.65. The summed E-state index contributed by atoms with van der Waals surface area (Å²) in [6.07, 6.45) is 0. The van der Waals surface area contributed by atoms with Gasteiger partial charge in [0.25, 0.3) is 0 Å². The lowest BCUT2D eigenvalue weighted by molar-refractivity contribution is 0.133. The average Bonchev–Trinajstić information content (AvgIpc) is 2.67. The number of aromatic nitrogens is 1. The molecule has 0 radical (unpaired) electrons. The van der Waals surface area contributed by atoms with Gasteiger partial charge in [-0.25, -0.2) is 4.98 Å². The molecule has 0 spiro atoms. The molecule has 0 bridgehead atoms. The van der Waals surface area contributed by atoms with E-state index in [1.54, 1.807) is 11.3 Å². The number of ether oxygens (including phenoxy) is 1. The Hall–Kier alpha value is -0.450. The van der Waals surface area contributed by atoms with Gasteiger partial charge in [0.1, 0.15) is 5.01 Å². The second-order valence-corrected chi connectivity index (χ2v) is 5.91. The van der Waals surface area contributed by atoms with Crippen LogP contribution in [0, 0.1) is 0 Å². The molecule has 0 saturated carbocycles. The zero-order valence-electron chi connectivity index (χ0n) is 11.5.